The fourth-order valence-corrected chi connectivity index (χ4v) is 3.62. The van der Waals surface area contributed by atoms with Crippen LogP contribution in [0.5, 0.6) is 0 Å². The van der Waals surface area contributed by atoms with Crippen LogP contribution in [0.25, 0.3) is 0 Å². The zero-order valence-corrected chi connectivity index (χ0v) is 21.6. The fourth-order valence-electron chi connectivity index (χ4n) is 3.43. The molecule has 0 heterocycles. The highest BCUT2D eigenvalue weighted by Crippen LogP contribution is 2.16. The summed E-state index contributed by atoms with van der Waals surface area (Å²) in [5.41, 5.74) is 1.37. The van der Waals surface area contributed by atoms with Gasteiger partial charge in [-0.1, -0.05) is 54.1 Å². The number of nitrogens with one attached hydrogen (secondary N) is 1. The van der Waals surface area contributed by atoms with E-state index in [0.717, 1.165) is 0 Å². The lowest BCUT2D eigenvalue weighted by Gasteiger charge is -2.13. The third-order valence-electron chi connectivity index (χ3n) is 5.46. The molecule has 3 aromatic rings. The Kier molecular flexibility index (Phi) is 9.90. The van der Waals surface area contributed by atoms with Gasteiger partial charge in [0.1, 0.15) is 0 Å². The van der Waals surface area contributed by atoms with Crippen molar-refractivity contribution >= 4 is 46.7 Å². The van der Waals surface area contributed by atoms with Crippen LogP contribution in [0.3, 0.4) is 0 Å². The molecule has 1 amide bonds. The molecule has 38 heavy (non-hydrogen) atoms. The Morgan fingerprint density at radius 1 is 0.711 bits per heavy atom. The number of benzene rings is 3. The third-order valence-corrected chi connectivity index (χ3v) is 5.69. The maximum Gasteiger partial charge on any atom is 0.338 e. The number of ether oxygens (including phenoxy) is 2. The van der Waals surface area contributed by atoms with E-state index in [1.807, 2.05) is 0 Å². The molecule has 1 N–H and O–H groups in total. The van der Waals surface area contributed by atoms with Crippen LogP contribution >= 0.6 is 11.6 Å². The van der Waals surface area contributed by atoms with Gasteiger partial charge in [0.2, 0.25) is 17.5 Å². The van der Waals surface area contributed by atoms with E-state index < -0.39 is 35.8 Å². The van der Waals surface area contributed by atoms with E-state index in [-0.39, 0.29) is 24.2 Å². The van der Waals surface area contributed by atoms with Gasteiger partial charge in [-0.15, -0.1) is 0 Å². The Bertz CT molecular complexity index is 1320. The van der Waals surface area contributed by atoms with Crippen LogP contribution in [-0.2, 0) is 19.1 Å². The first-order valence-corrected chi connectivity index (χ1v) is 12.2. The number of hydrogen-bond donors (Lipinski definition) is 1. The molecule has 0 radical (unpaired) electrons. The molecule has 0 saturated carbocycles. The van der Waals surface area contributed by atoms with E-state index in [2.05, 4.69) is 5.32 Å². The Labute approximate surface area is 224 Å². The number of carbonyl (C=O) groups excluding carboxylic acids is 5. The second kappa shape index (κ2) is 13.3. The fraction of sp³-hybridized carbons (Fsp3) is 0.207. The first kappa shape index (κ1) is 28.3. The molecule has 8 nitrogen and oxygen atoms in total. The normalized spacial score (nSPS) is 12.1. The highest BCUT2D eigenvalue weighted by Gasteiger charge is 2.21. The molecular weight excluding hydrogens is 510 g/mol. The maximum atomic E-state index is 12.4. The quantitative estimate of drug-likeness (QED) is 0.261. The standard InChI is InChI=1S/C29H26ClNO7/c1-18(28(35)22-9-6-10-23(30)17-22)37-26(33)16-15-25(32)31-24-13-11-21(12-14-24)29(36)38-19(2)27(34)20-7-4-3-5-8-20/h3-14,17-19H,15-16H2,1-2H3,(H,31,32). The van der Waals surface area contributed by atoms with Crippen LogP contribution in [0.1, 0.15) is 57.8 Å². The molecule has 196 valence electrons. The molecular formula is C29H26ClNO7. The van der Waals surface area contributed by atoms with Crippen molar-refractivity contribution in [2.75, 3.05) is 5.32 Å². The van der Waals surface area contributed by atoms with E-state index in [4.69, 9.17) is 21.1 Å². The summed E-state index contributed by atoms with van der Waals surface area (Å²) >= 11 is 5.89. The summed E-state index contributed by atoms with van der Waals surface area (Å²) in [6, 6.07) is 20.7. The molecule has 2 unspecified atom stereocenters. The number of esters is 2. The lowest BCUT2D eigenvalue weighted by molar-refractivity contribution is -0.147. The van der Waals surface area contributed by atoms with Crippen molar-refractivity contribution < 1.29 is 33.4 Å². The van der Waals surface area contributed by atoms with Crippen molar-refractivity contribution in [2.24, 2.45) is 0 Å². The summed E-state index contributed by atoms with van der Waals surface area (Å²) in [7, 11) is 0. The van der Waals surface area contributed by atoms with Gasteiger partial charge in [0.15, 0.2) is 12.2 Å². The number of carbonyl (C=O) groups is 5. The SMILES string of the molecule is CC(OC(=O)CCC(=O)Nc1ccc(C(=O)OC(C)C(=O)c2ccccc2)cc1)C(=O)c1cccc(Cl)c1. The topological polar surface area (TPSA) is 116 Å². The van der Waals surface area contributed by atoms with Crippen molar-refractivity contribution in [1.82, 2.24) is 0 Å². The second-order valence-corrected chi connectivity index (χ2v) is 8.85. The average Bonchev–Trinajstić information content (AvgIpc) is 2.91. The van der Waals surface area contributed by atoms with E-state index in [0.29, 0.717) is 21.8 Å². The van der Waals surface area contributed by atoms with Crippen LogP contribution in [0, 0.1) is 0 Å². The van der Waals surface area contributed by atoms with E-state index in [1.165, 1.54) is 44.2 Å². The number of anilines is 1. The zero-order chi connectivity index (χ0) is 27.7. The zero-order valence-electron chi connectivity index (χ0n) is 20.8. The van der Waals surface area contributed by atoms with Gasteiger partial charge in [-0.05, 0) is 50.2 Å². The number of hydrogen-bond acceptors (Lipinski definition) is 7. The molecule has 0 fully saturated rings. The molecule has 0 aliphatic rings. The number of halogens is 1. The van der Waals surface area contributed by atoms with Crippen LogP contribution in [0.2, 0.25) is 5.02 Å². The monoisotopic (exact) mass is 535 g/mol. The van der Waals surface area contributed by atoms with Gasteiger partial charge >= 0.3 is 11.9 Å². The first-order valence-electron chi connectivity index (χ1n) is 11.8. The van der Waals surface area contributed by atoms with Crippen LogP contribution < -0.4 is 5.32 Å². The van der Waals surface area contributed by atoms with E-state index >= 15 is 0 Å². The predicted molar refractivity (Wildman–Crippen MR) is 141 cm³/mol. The molecule has 0 aliphatic heterocycles. The van der Waals surface area contributed by atoms with Crippen molar-refractivity contribution in [2.45, 2.75) is 38.9 Å². The molecule has 0 saturated heterocycles. The largest absolute Gasteiger partial charge is 0.454 e. The van der Waals surface area contributed by atoms with Crippen LogP contribution in [0.15, 0.2) is 78.9 Å². The second-order valence-electron chi connectivity index (χ2n) is 8.41. The number of amides is 1. The van der Waals surface area contributed by atoms with Crippen molar-refractivity contribution in [3.63, 3.8) is 0 Å². The van der Waals surface area contributed by atoms with Crippen molar-refractivity contribution in [1.29, 1.82) is 0 Å². The minimum Gasteiger partial charge on any atom is -0.454 e. The Morgan fingerprint density at radius 2 is 1.32 bits per heavy atom. The summed E-state index contributed by atoms with van der Waals surface area (Å²) in [6.07, 6.45) is -2.38. The first-order chi connectivity index (χ1) is 18.1. The minimum absolute atomic E-state index is 0.167. The Balaban J connectivity index is 1.44. The van der Waals surface area contributed by atoms with Crippen LogP contribution in [0.4, 0.5) is 5.69 Å². The summed E-state index contributed by atoms with van der Waals surface area (Å²) in [5, 5.41) is 3.01. The smallest absolute Gasteiger partial charge is 0.338 e. The van der Waals surface area contributed by atoms with E-state index in [9.17, 15) is 24.0 Å². The summed E-state index contributed by atoms with van der Waals surface area (Å²) < 4.78 is 10.4. The van der Waals surface area contributed by atoms with Gasteiger partial charge in [-0.3, -0.25) is 19.2 Å². The molecule has 3 aromatic carbocycles. The molecule has 0 spiro atoms. The van der Waals surface area contributed by atoms with Crippen LogP contribution in [-0.4, -0.2) is 41.6 Å². The van der Waals surface area contributed by atoms with Gasteiger partial charge in [0, 0.05) is 28.3 Å². The lowest BCUT2D eigenvalue weighted by Crippen LogP contribution is -2.25. The Hall–Kier alpha value is -4.30. The average molecular weight is 536 g/mol. The molecule has 0 aromatic heterocycles. The van der Waals surface area contributed by atoms with Gasteiger partial charge in [0.25, 0.3) is 0 Å². The van der Waals surface area contributed by atoms with Gasteiger partial charge in [-0.25, -0.2) is 4.79 Å². The number of ketones is 2. The van der Waals surface area contributed by atoms with Gasteiger partial charge < -0.3 is 14.8 Å². The summed E-state index contributed by atoms with van der Waals surface area (Å²) in [6.45, 7) is 2.95. The van der Waals surface area contributed by atoms with Gasteiger partial charge in [-0.2, -0.15) is 0 Å². The van der Waals surface area contributed by atoms with Gasteiger partial charge in [0.05, 0.1) is 12.0 Å². The molecule has 3 rings (SSSR count). The molecule has 9 heteroatoms. The molecule has 2 atom stereocenters. The summed E-state index contributed by atoms with van der Waals surface area (Å²) in [5.74, 6) is -2.54. The van der Waals surface area contributed by atoms with Crippen molar-refractivity contribution in [3.05, 3.63) is 101 Å². The van der Waals surface area contributed by atoms with E-state index in [1.54, 1.807) is 48.5 Å². The predicted octanol–water partition coefficient (Wildman–Crippen LogP) is 5.30. The minimum atomic E-state index is -1.03. The Morgan fingerprint density at radius 3 is 1.97 bits per heavy atom. The third kappa shape index (κ3) is 8.11. The molecule has 0 bridgehead atoms. The highest BCUT2D eigenvalue weighted by molar-refractivity contribution is 6.31. The van der Waals surface area contributed by atoms with Crippen molar-refractivity contribution in [3.8, 4) is 0 Å². The maximum absolute atomic E-state index is 12.4. The highest BCUT2D eigenvalue weighted by atomic mass is 35.5. The number of Topliss-reactive ketones (excluding diaryl/α,β-unsaturated/α-hetero) is 2. The lowest BCUT2D eigenvalue weighted by atomic mass is 10.1. The number of rotatable bonds is 11. The molecule has 0 aliphatic carbocycles. The summed E-state index contributed by atoms with van der Waals surface area (Å²) in [4.78, 5) is 61.5.